The third kappa shape index (κ3) is 3.34. The highest BCUT2D eigenvalue weighted by Gasteiger charge is 2.23. The van der Waals surface area contributed by atoms with Crippen LogP contribution in [0.5, 0.6) is 5.75 Å². The van der Waals surface area contributed by atoms with Crippen LogP contribution in [0.1, 0.15) is 18.2 Å². The maximum Gasteiger partial charge on any atom is 0.281 e. The lowest BCUT2D eigenvalue weighted by atomic mass is 10.3. The van der Waals surface area contributed by atoms with E-state index in [-0.39, 0.29) is 10.6 Å². The molecule has 0 unspecified atom stereocenters. The van der Waals surface area contributed by atoms with Crippen LogP contribution in [-0.4, -0.2) is 30.3 Å². The molecule has 0 bridgehead atoms. The lowest BCUT2D eigenvalue weighted by molar-refractivity contribution is 0.277. The normalized spacial score (nSPS) is 11.4. The van der Waals surface area contributed by atoms with Crippen LogP contribution >= 0.6 is 0 Å². The molecule has 2 aromatic rings. The van der Waals surface area contributed by atoms with E-state index in [4.69, 9.17) is 4.74 Å². The number of ether oxygens (including phenoxy) is 1. The van der Waals surface area contributed by atoms with Crippen molar-refractivity contribution in [2.75, 3.05) is 11.3 Å². The number of sulfonamides is 1. The molecule has 3 N–H and O–H groups in total. The first-order valence-electron chi connectivity index (χ1n) is 6.38. The molecule has 21 heavy (non-hydrogen) atoms. The van der Waals surface area contributed by atoms with Crippen LogP contribution in [0.4, 0.5) is 5.69 Å². The standard InChI is InChI=1S/C13H17N3O4S/c1-3-20-11-6-4-10(5-7-11)16-21(18,19)13-12(8-17)9(2)14-15-13/h4-7,16-17H,3,8H2,1-2H3,(H,14,15). The minimum Gasteiger partial charge on any atom is -0.494 e. The van der Waals surface area contributed by atoms with E-state index in [0.717, 1.165) is 0 Å². The molecule has 1 heterocycles. The quantitative estimate of drug-likeness (QED) is 0.748. The molecular formula is C13H17N3O4S. The third-order valence-electron chi connectivity index (χ3n) is 2.87. The topological polar surface area (TPSA) is 104 Å². The molecule has 0 spiro atoms. The van der Waals surface area contributed by atoms with Crippen molar-refractivity contribution in [1.29, 1.82) is 0 Å². The van der Waals surface area contributed by atoms with E-state index in [1.54, 1.807) is 31.2 Å². The van der Waals surface area contributed by atoms with E-state index in [2.05, 4.69) is 14.9 Å². The summed E-state index contributed by atoms with van der Waals surface area (Å²) in [4.78, 5) is 0. The van der Waals surface area contributed by atoms with Gasteiger partial charge in [0.25, 0.3) is 10.0 Å². The SMILES string of the molecule is CCOc1ccc(NS(=O)(=O)c2n[nH]c(C)c2CO)cc1. The van der Waals surface area contributed by atoms with Gasteiger partial charge in [0, 0.05) is 16.9 Å². The molecule has 0 aliphatic rings. The number of aromatic nitrogens is 2. The highest BCUT2D eigenvalue weighted by atomic mass is 32.2. The molecule has 0 saturated carbocycles. The lowest BCUT2D eigenvalue weighted by Gasteiger charge is -2.08. The van der Waals surface area contributed by atoms with Gasteiger partial charge in [-0.1, -0.05) is 0 Å². The smallest absolute Gasteiger partial charge is 0.281 e. The Balaban J connectivity index is 2.24. The Hall–Kier alpha value is -2.06. The van der Waals surface area contributed by atoms with Crippen molar-refractivity contribution in [1.82, 2.24) is 10.2 Å². The summed E-state index contributed by atoms with van der Waals surface area (Å²) in [5.41, 5.74) is 1.17. The molecule has 0 amide bonds. The van der Waals surface area contributed by atoms with Crippen LogP contribution in [0, 0.1) is 6.92 Å². The Morgan fingerprint density at radius 2 is 2.00 bits per heavy atom. The van der Waals surface area contributed by atoms with E-state index >= 15 is 0 Å². The Morgan fingerprint density at radius 3 is 2.57 bits per heavy atom. The van der Waals surface area contributed by atoms with Gasteiger partial charge in [0.1, 0.15) is 5.75 Å². The van der Waals surface area contributed by atoms with Crippen LogP contribution in [-0.2, 0) is 16.6 Å². The van der Waals surface area contributed by atoms with Gasteiger partial charge < -0.3 is 9.84 Å². The fourth-order valence-electron chi connectivity index (χ4n) is 1.83. The van der Waals surface area contributed by atoms with Gasteiger partial charge in [-0.2, -0.15) is 13.5 Å². The first-order valence-corrected chi connectivity index (χ1v) is 7.86. The minimum atomic E-state index is -3.85. The molecule has 0 saturated heterocycles. The molecule has 114 valence electrons. The van der Waals surface area contributed by atoms with Crippen LogP contribution in [0.3, 0.4) is 0 Å². The Morgan fingerprint density at radius 1 is 1.33 bits per heavy atom. The van der Waals surface area contributed by atoms with Crippen molar-refractivity contribution >= 4 is 15.7 Å². The summed E-state index contributed by atoms with van der Waals surface area (Å²) in [6.07, 6.45) is 0. The number of aryl methyl sites for hydroxylation is 1. The fraction of sp³-hybridized carbons (Fsp3) is 0.308. The van der Waals surface area contributed by atoms with E-state index < -0.39 is 16.6 Å². The molecule has 0 fully saturated rings. The first kappa shape index (κ1) is 15.3. The van der Waals surface area contributed by atoms with Gasteiger partial charge in [-0.25, -0.2) is 0 Å². The van der Waals surface area contributed by atoms with E-state index in [9.17, 15) is 13.5 Å². The molecule has 0 atom stereocenters. The average Bonchev–Trinajstić information content (AvgIpc) is 2.83. The number of anilines is 1. The Labute approximate surface area is 123 Å². The summed E-state index contributed by atoms with van der Waals surface area (Å²) in [6.45, 7) is 3.65. The van der Waals surface area contributed by atoms with Crippen molar-refractivity contribution in [3.05, 3.63) is 35.5 Å². The summed E-state index contributed by atoms with van der Waals surface area (Å²) in [5, 5.41) is 15.3. The molecule has 2 rings (SSSR count). The second kappa shape index (κ2) is 6.15. The number of nitrogens with zero attached hydrogens (tertiary/aromatic N) is 1. The van der Waals surface area contributed by atoms with Crippen molar-refractivity contribution in [3.8, 4) is 5.75 Å². The molecule has 0 aliphatic carbocycles. The fourth-order valence-corrected chi connectivity index (χ4v) is 3.08. The maximum absolute atomic E-state index is 12.3. The van der Waals surface area contributed by atoms with Crippen LogP contribution in [0.15, 0.2) is 29.3 Å². The summed E-state index contributed by atoms with van der Waals surface area (Å²) in [7, 11) is -3.85. The maximum atomic E-state index is 12.3. The number of aliphatic hydroxyl groups excluding tert-OH is 1. The number of hydrogen-bond donors (Lipinski definition) is 3. The summed E-state index contributed by atoms with van der Waals surface area (Å²) < 4.78 is 32.2. The van der Waals surface area contributed by atoms with Gasteiger partial charge in [-0.05, 0) is 38.1 Å². The predicted octanol–water partition coefficient (Wildman–Crippen LogP) is 1.41. The largest absolute Gasteiger partial charge is 0.494 e. The van der Waals surface area contributed by atoms with Crippen LogP contribution in [0.25, 0.3) is 0 Å². The van der Waals surface area contributed by atoms with Gasteiger partial charge in [-0.15, -0.1) is 0 Å². The molecule has 0 aliphatic heterocycles. The van der Waals surface area contributed by atoms with E-state index in [0.29, 0.717) is 23.7 Å². The van der Waals surface area contributed by atoms with Crippen molar-refractivity contribution in [3.63, 3.8) is 0 Å². The number of aliphatic hydroxyl groups is 1. The highest BCUT2D eigenvalue weighted by Crippen LogP contribution is 2.21. The summed E-state index contributed by atoms with van der Waals surface area (Å²) in [5.74, 6) is 0.659. The zero-order valence-corrected chi connectivity index (χ0v) is 12.6. The van der Waals surface area contributed by atoms with Gasteiger partial charge >= 0.3 is 0 Å². The lowest BCUT2D eigenvalue weighted by Crippen LogP contribution is -2.15. The highest BCUT2D eigenvalue weighted by molar-refractivity contribution is 7.92. The number of aromatic amines is 1. The zero-order chi connectivity index (χ0) is 15.5. The third-order valence-corrected chi connectivity index (χ3v) is 4.22. The molecule has 1 aromatic carbocycles. The predicted molar refractivity (Wildman–Crippen MR) is 77.7 cm³/mol. The number of benzene rings is 1. The monoisotopic (exact) mass is 311 g/mol. The van der Waals surface area contributed by atoms with Gasteiger partial charge in [0.2, 0.25) is 5.03 Å². The zero-order valence-electron chi connectivity index (χ0n) is 11.8. The Kier molecular flexibility index (Phi) is 4.49. The van der Waals surface area contributed by atoms with Crippen LogP contribution in [0.2, 0.25) is 0 Å². The van der Waals surface area contributed by atoms with Crippen molar-refractivity contribution in [2.45, 2.75) is 25.5 Å². The molecular weight excluding hydrogens is 294 g/mol. The van der Waals surface area contributed by atoms with Gasteiger partial charge in [0.05, 0.1) is 13.2 Å². The molecule has 0 radical (unpaired) electrons. The number of rotatable bonds is 6. The second-order valence-corrected chi connectivity index (χ2v) is 5.95. The van der Waals surface area contributed by atoms with Crippen LogP contribution < -0.4 is 9.46 Å². The molecule has 8 heteroatoms. The van der Waals surface area contributed by atoms with Gasteiger partial charge in [0.15, 0.2) is 0 Å². The minimum absolute atomic E-state index is 0.198. The number of nitrogens with one attached hydrogen (secondary N) is 2. The van der Waals surface area contributed by atoms with Gasteiger partial charge in [-0.3, -0.25) is 9.82 Å². The van der Waals surface area contributed by atoms with E-state index in [1.807, 2.05) is 6.92 Å². The molecule has 1 aromatic heterocycles. The summed E-state index contributed by atoms with van der Waals surface area (Å²) in [6, 6.07) is 6.54. The summed E-state index contributed by atoms with van der Waals surface area (Å²) >= 11 is 0. The average molecular weight is 311 g/mol. The number of hydrogen-bond acceptors (Lipinski definition) is 5. The van der Waals surface area contributed by atoms with Crippen molar-refractivity contribution < 1.29 is 18.3 Å². The van der Waals surface area contributed by atoms with E-state index in [1.165, 1.54) is 0 Å². The Bertz CT molecular complexity index is 708. The second-order valence-electron chi connectivity index (χ2n) is 4.35. The first-order chi connectivity index (χ1) is 9.97. The van der Waals surface area contributed by atoms with Crippen molar-refractivity contribution in [2.24, 2.45) is 0 Å². The molecule has 7 nitrogen and oxygen atoms in total. The number of H-pyrrole nitrogens is 1.